The van der Waals surface area contributed by atoms with Crippen molar-refractivity contribution in [1.29, 1.82) is 0 Å². The molecule has 0 saturated carbocycles. The highest BCUT2D eigenvalue weighted by Gasteiger charge is 1.97. The fraction of sp³-hybridized carbons (Fsp3) is 0.154. The maximum Gasteiger partial charge on any atom is 0.139 e. The minimum atomic E-state index is 0.514. The Morgan fingerprint density at radius 2 is 1.72 bits per heavy atom. The van der Waals surface area contributed by atoms with E-state index in [2.05, 4.69) is 10.4 Å². The van der Waals surface area contributed by atoms with Crippen LogP contribution in [0.3, 0.4) is 0 Å². The molecule has 0 fully saturated rings. The Balaban J connectivity index is 1.82. The van der Waals surface area contributed by atoms with Crippen molar-refractivity contribution in [1.82, 2.24) is 4.98 Å². The number of nitrogen functional groups attached to an aromatic ring is 1. The van der Waals surface area contributed by atoms with Crippen LogP contribution in [0.1, 0.15) is 11.1 Å². The summed E-state index contributed by atoms with van der Waals surface area (Å²) in [5, 5.41) is 0.729. The molecule has 94 valence electrons. The van der Waals surface area contributed by atoms with Gasteiger partial charge in [-0.05, 0) is 29.3 Å². The molecule has 0 unspecified atom stereocenters. The van der Waals surface area contributed by atoms with E-state index in [1.54, 1.807) is 12.3 Å². The summed E-state index contributed by atoms with van der Waals surface area (Å²) in [6.07, 6.45) is 1.73. The molecule has 5 heteroatoms. The zero-order valence-electron chi connectivity index (χ0n) is 9.77. The van der Waals surface area contributed by atoms with E-state index in [9.17, 15) is 0 Å². The standard InChI is InChI=1S/C13H14ClN3O/c14-12-4-1-10(2-5-12)8-18-9-11-3-6-13(17-15)16-7-11/h1-7H,8-9,15H2,(H,16,17). The van der Waals surface area contributed by atoms with Gasteiger partial charge in [-0.3, -0.25) is 0 Å². The molecule has 1 aromatic heterocycles. The Morgan fingerprint density at radius 3 is 2.33 bits per heavy atom. The number of hydrazine groups is 1. The molecule has 3 N–H and O–H groups in total. The van der Waals surface area contributed by atoms with Gasteiger partial charge in [0, 0.05) is 11.2 Å². The summed E-state index contributed by atoms with van der Waals surface area (Å²) in [5.41, 5.74) is 4.57. The Hall–Kier alpha value is -1.62. The maximum atomic E-state index is 5.80. The summed E-state index contributed by atoms with van der Waals surface area (Å²) in [6.45, 7) is 1.06. The molecule has 0 saturated heterocycles. The van der Waals surface area contributed by atoms with Crippen LogP contribution in [0.4, 0.5) is 5.82 Å². The Morgan fingerprint density at radius 1 is 1.06 bits per heavy atom. The first kappa shape index (κ1) is 12.8. The zero-order valence-corrected chi connectivity index (χ0v) is 10.5. The summed E-state index contributed by atoms with van der Waals surface area (Å²) < 4.78 is 5.58. The first-order valence-corrected chi connectivity index (χ1v) is 5.89. The number of anilines is 1. The lowest BCUT2D eigenvalue weighted by Crippen LogP contribution is -2.08. The van der Waals surface area contributed by atoms with Gasteiger partial charge in [0.15, 0.2) is 0 Å². The van der Waals surface area contributed by atoms with Gasteiger partial charge in [-0.2, -0.15) is 0 Å². The van der Waals surface area contributed by atoms with Crippen LogP contribution in [-0.2, 0) is 18.0 Å². The summed E-state index contributed by atoms with van der Waals surface area (Å²) in [7, 11) is 0. The van der Waals surface area contributed by atoms with Crippen LogP contribution in [0.15, 0.2) is 42.6 Å². The minimum absolute atomic E-state index is 0.514. The number of nitrogens with one attached hydrogen (secondary N) is 1. The third-order valence-electron chi connectivity index (χ3n) is 2.42. The molecule has 0 radical (unpaired) electrons. The van der Waals surface area contributed by atoms with Crippen LogP contribution >= 0.6 is 11.6 Å². The second-order valence-corrected chi connectivity index (χ2v) is 4.25. The number of pyridine rings is 1. The molecule has 0 atom stereocenters. The SMILES string of the molecule is NNc1ccc(COCc2ccc(Cl)cc2)cn1. The number of ether oxygens (including phenoxy) is 1. The molecule has 2 aromatic rings. The highest BCUT2D eigenvalue weighted by Crippen LogP contribution is 2.11. The molecule has 0 aliphatic heterocycles. The number of halogens is 1. The van der Waals surface area contributed by atoms with Gasteiger partial charge in [0.05, 0.1) is 13.2 Å². The van der Waals surface area contributed by atoms with E-state index in [1.165, 1.54) is 0 Å². The van der Waals surface area contributed by atoms with Crippen LogP contribution in [-0.4, -0.2) is 4.98 Å². The van der Waals surface area contributed by atoms with E-state index >= 15 is 0 Å². The normalized spacial score (nSPS) is 10.3. The number of nitrogens with zero attached hydrogens (tertiary/aromatic N) is 1. The Bertz CT molecular complexity index is 485. The van der Waals surface area contributed by atoms with E-state index in [1.807, 2.05) is 30.3 Å². The molecule has 0 amide bonds. The van der Waals surface area contributed by atoms with Crippen molar-refractivity contribution in [3.05, 3.63) is 58.7 Å². The van der Waals surface area contributed by atoms with Crippen molar-refractivity contribution >= 4 is 17.4 Å². The quantitative estimate of drug-likeness (QED) is 0.643. The summed E-state index contributed by atoms with van der Waals surface area (Å²) in [6, 6.07) is 11.3. The Labute approximate surface area is 111 Å². The monoisotopic (exact) mass is 263 g/mol. The molecule has 0 bridgehead atoms. The largest absolute Gasteiger partial charge is 0.372 e. The van der Waals surface area contributed by atoms with Gasteiger partial charge in [0.1, 0.15) is 5.82 Å². The van der Waals surface area contributed by atoms with Gasteiger partial charge >= 0.3 is 0 Å². The number of rotatable bonds is 5. The highest BCUT2D eigenvalue weighted by atomic mass is 35.5. The van der Waals surface area contributed by atoms with Crippen molar-refractivity contribution in [2.75, 3.05) is 5.43 Å². The number of hydrogen-bond donors (Lipinski definition) is 2. The van der Waals surface area contributed by atoms with Crippen molar-refractivity contribution in [2.45, 2.75) is 13.2 Å². The van der Waals surface area contributed by atoms with Gasteiger partial charge in [0.25, 0.3) is 0 Å². The molecule has 0 aliphatic rings. The first-order chi connectivity index (χ1) is 8.78. The van der Waals surface area contributed by atoms with Crippen molar-refractivity contribution in [3.8, 4) is 0 Å². The second kappa shape index (κ2) is 6.35. The van der Waals surface area contributed by atoms with E-state index < -0.39 is 0 Å². The smallest absolute Gasteiger partial charge is 0.139 e. The number of nitrogens with two attached hydrogens (primary N) is 1. The van der Waals surface area contributed by atoms with E-state index in [4.69, 9.17) is 22.2 Å². The lowest BCUT2D eigenvalue weighted by atomic mass is 10.2. The van der Waals surface area contributed by atoms with Gasteiger partial charge in [0.2, 0.25) is 0 Å². The second-order valence-electron chi connectivity index (χ2n) is 3.82. The molecule has 4 nitrogen and oxygen atoms in total. The van der Waals surface area contributed by atoms with E-state index in [0.717, 1.165) is 16.1 Å². The van der Waals surface area contributed by atoms with Crippen LogP contribution in [0.5, 0.6) is 0 Å². The van der Waals surface area contributed by atoms with Crippen LogP contribution in [0.2, 0.25) is 5.02 Å². The molecule has 1 heterocycles. The van der Waals surface area contributed by atoms with E-state index in [-0.39, 0.29) is 0 Å². The fourth-order valence-corrected chi connectivity index (χ4v) is 1.59. The highest BCUT2D eigenvalue weighted by molar-refractivity contribution is 6.30. The van der Waals surface area contributed by atoms with Gasteiger partial charge < -0.3 is 10.2 Å². The fourth-order valence-electron chi connectivity index (χ4n) is 1.46. The average Bonchev–Trinajstić information content (AvgIpc) is 2.42. The van der Waals surface area contributed by atoms with Crippen molar-refractivity contribution < 1.29 is 4.74 Å². The molecule has 0 spiro atoms. The van der Waals surface area contributed by atoms with Gasteiger partial charge in [-0.1, -0.05) is 29.8 Å². The molecular weight excluding hydrogens is 250 g/mol. The molecular formula is C13H14ClN3O. The summed E-state index contributed by atoms with van der Waals surface area (Å²) >= 11 is 5.80. The lowest BCUT2D eigenvalue weighted by Gasteiger charge is -2.05. The maximum absolute atomic E-state index is 5.80. The Kier molecular flexibility index (Phi) is 4.52. The van der Waals surface area contributed by atoms with E-state index in [0.29, 0.717) is 19.0 Å². The predicted octanol–water partition coefficient (Wildman–Crippen LogP) is 2.74. The van der Waals surface area contributed by atoms with Crippen LogP contribution in [0.25, 0.3) is 0 Å². The predicted molar refractivity (Wildman–Crippen MR) is 72.0 cm³/mol. The topological polar surface area (TPSA) is 60.2 Å². The van der Waals surface area contributed by atoms with Gasteiger partial charge in [-0.25, -0.2) is 10.8 Å². The molecule has 18 heavy (non-hydrogen) atoms. The molecule has 0 aliphatic carbocycles. The minimum Gasteiger partial charge on any atom is -0.372 e. The van der Waals surface area contributed by atoms with Crippen molar-refractivity contribution in [2.24, 2.45) is 5.84 Å². The van der Waals surface area contributed by atoms with Crippen LogP contribution < -0.4 is 11.3 Å². The third-order valence-corrected chi connectivity index (χ3v) is 2.68. The zero-order chi connectivity index (χ0) is 12.8. The van der Waals surface area contributed by atoms with Gasteiger partial charge in [-0.15, -0.1) is 0 Å². The average molecular weight is 264 g/mol. The number of benzene rings is 1. The van der Waals surface area contributed by atoms with Crippen molar-refractivity contribution in [3.63, 3.8) is 0 Å². The molecule has 2 rings (SSSR count). The number of hydrogen-bond acceptors (Lipinski definition) is 4. The third kappa shape index (κ3) is 3.70. The summed E-state index contributed by atoms with van der Waals surface area (Å²) in [5.74, 6) is 5.87. The van der Waals surface area contributed by atoms with Crippen LogP contribution in [0, 0.1) is 0 Å². The molecule has 1 aromatic carbocycles. The first-order valence-electron chi connectivity index (χ1n) is 5.51. The summed E-state index contributed by atoms with van der Waals surface area (Å²) in [4.78, 5) is 4.10. The lowest BCUT2D eigenvalue weighted by molar-refractivity contribution is 0.107. The number of aromatic nitrogens is 1.